The fraction of sp³-hybridized carbons (Fsp3) is 0.188. The molecule has 1 amide bonds. The van der Waals surface area contributed by atoms with E-state index in [1.54, 1.807) is 43.3 Å². The summed E-state index contributed by atoms with van der Waals surface area (Å²) in [4.78, 5) is 11.4. The van der Waals surface area contributed by atoms with Crippen LogP contribution in [0.2, 0.25) is 0 Å². The van der Waals surface area contributed by atoms with E-state index in [2.05, 4.69) is 10.6 Å². The number of carbonyl (C=O) groups is 1. The Hall–Kier alpha value is -2.76. The number of benzene rings is 2. The van der Waals surface area contributed by atoms with Gasteiger partial charge in [-0.15, -0.1) is 0 Å². The molecule has 2 rings (SSSR count). The molecule has 5 nitrogen and oxygen atoms in total. The minimum atomic E-state index is -0.550. The maximum atomic E-state index is 13.5. The van der Waals surface area contributed by atoms with E-state index in [-0.39, 0.29) is 12.4 Å². The summed E-state index contributed by atoms with van der Waals surface area (Å²) in [6.45, 7) is 2.43. The van der Waals surface area contributed by atoms with Crippen molar-refractivity contribution >= 4 is 23.2 Å². The number of hydrogen-bond acceptors (Lipinski definition) is 4. The molecule has 0 saturated heterocycles. The Morgan fingerprint density at radius 3 is 2.68 bits per heavy atom. The molecular formula is C16H18FN3O2. The number of para-hydroxylation sites is 1. The molecule has 0 aliphatic carbocycles. The van der Waals surface area contributed by atoms with Crippen molar-refractivity contribution in [2.45, 2.75) is 13.5 Å². The third-order valence-corrected chi connectivity index (χ3v) is 2.98. The maximum Gasteiger partial charge on any atom is 0.411 e. The number of rotatable bonds is 5. The van der Waals surface area contributed by atoms with E-state index in [0.717, 1.165) is 5.56 Å². The summed E-state index contributed by atoms with van der Waals surface area (Å²) >= 11 is 0. The highest BCUT2D eigenvalue weighted by Crippen LogP contribution is 2.21. The minimum absolute atomic E-state index is 0.288. The molecule has 0 unspecified atom stereocenters. The van der Waals surface area contributed by atoms with Gasteiger partial charge in [-0.1, -0.05) is 18.2 Å². The van der Waals surface area contributed by atoms with Crippen LogP contribution in [0.1, 0.15) is 12.5 Å². The number of ether oxygens (including phenoxy) is 1. The van der Waals surface area contributed by atoms with Gasteiger partial charge in [0, 0.05) is 6.54 Å². The molecule has 0 spiro atoms. The maximum absolute atomic E-state index is 13.5. The largest absolute Gasteiger partial charge is 0.450 e. The van der Waals surface area contributed by atoms with E-state index in [1.165, 1.54) is 6.07 Å². The molecule has 0 heterocycles. The van der Waals surface area contributed by atoms with Gasteiger partial charge in [-0.2, -0.15) is 0 Å². The topological polar surface area (TPSA) is 76.4 Å². The first kappa shape index (κ1) is 15.6. The highest BCUT2D eigenvalue weighted by atomic mass is 19.1. The van der Waals surface area contributed by atoms with Gasteiger partial charge in [0.2, 0.25) is 0 Å². The van der Waals surface area contributed by atoms with Crippen molar-refractivity contribution in [2.75, 3.05) is 23.0 Å². The van der Waals surface area contributed by atoms with Gasteiger partial charge < -0.3 is 15.8 Å². The van der Waals surface area contributed by atoms with Crippen LogP contribution in [0.25, 0.3) is 0 Å². The highest BCUT2D eigenvalue weighted by molar-refractivity contribution is 5.88. The van der Waals surface area contributed by atoms with Gasteiger partial charge in [-0.25, -0.2) is 9.18 Å². The van der Waals surface area contributed by atoms with E-state index >= 15 is 0 Å². The summed E-state index contributed by atoms with van der Waals surface area (Å²) in [5.41, 5.74) is 8.09. The van der Waals surface area contributed by atoms with Crippen molar-refractivity contribution in [3.05, 3.63) is 53.8 Å². The summed E-state index contributed by atoms with van der Waals surface area (Å²) in [6, 6.07) is 11.6. The van der Waals surface area contributed by atoms with Gasteiger partial charge in [0.15, 0.2) is 0 Å². The standard InChI is InChI=1S/C16H18FN3O2/c1-2-22-16(21)20-15-8-7-11(9-13(15)18)10-19-14-6-4-3-5-12(14)17/h3-9,19H,2,10,18H2,1H3,(H,20,21). The first-order valence-electron chi connectivity index (χ1n) is 6.90. The second-order valence-corrected chi connectivity index (χ2v) is 4.60. The Balaban J connectivity index is 2.00. The lowest BCUT2D eigenvalue weighted by Crippen LogP contribution is -2.14. The molecule has 0 bridgehead atoms. The quantitative estimate of drug-likeness (QED) is 0.738. The second kappa shape index (κ2) is 7.31. The Morgan fingerprint density at radius 1 is 1.23 bits per heavy atom. The van der Waals surface area contributed by atoms with Crippen molar-refractivity contribution in [1.82, 2.24) is 0 Å². The van der Waals surface area contributed by atoms with Crippen LogP contribution in [0.4, 0.5) is 26.2 Å². The molecule has 22 heavy (non-hydrogen) atoms. The predicted molar refractivity (Wildman–Crippen MR) is 85.2 cm³/mol. The normalized spacial score (nSPS) is 10.1. The summed E-state index contributed by atoms with van der Waals surface area (Å²) in [6.07, 6.45) is -0.550. The molecule has 0 fully saturated rings. The average Bonchev–Trinajstić information content (AvgIpc) is 2.49. The average molecular weight is 303 g/mol. The zero-order chi connectivity index (χ0) is 15.9. The third kappa shape index (κ3) is 4.12. The molecule has 0 saturated carbocycles. The number of halogens is 1. The number of nitrogens with two attached hydrogens (primary N) is 1. The Bertz CT molecular complexity index is 662. The molecule has 0 aliphatic heterocycles. The van der Waals surface area contributed by atoms with Crippen molar-refractivity contribution in [1.29, 1.82) is 0 Å². The van der Waals surface area contributed by atoms with E-state index in [0.29, 0.717) is 23.6 Å². The SMILES string of the molecule is CCOC(=O)Nc1ccc(CNc2ccccc2F)cc1N. The van der Waals surface area contributed by atoms with E-state index in [1.807, 2.05) is 0 Å². The second-order valence-electron chi connectivity index (χ2n) is 4.60. The van der Waals surface area contributed by atoms with Crippen LogP contribution in [0.15, 0.2) is 42.5 Å². The van der Waals surface area contributed by atoms with Crippen LogP contribution in [-0.2, 0) is 11.3 Å². The smallest absolute Gasteiger partial charge is 0.411 e. The summed E-state index contributed by atoms with van der Waals surface area (Å²) in [7, 11) is 0. The van der Waals surface area contributed by atoms with Crippen LogP contribution in [0, 0.1) is 5.82 Å². The van der Waals surface area contributed by atoms with Gasteiger partial charge in [0.1, 0.15) is 5.82 Å². The fourth-order valence-corrected chi connectivity index (χ4v) is 1.91. The van der Waals surface area contributed by atoms with Crippen molar-refractivity contribution in [3.8, 4) is 0 Å². The number of nitrogen functional groups attached to an aromatic ring is 1. The fourth-order valence-electron chi connectivity index (χ4n) is 1.91. The molecule has 0 aromatic heterocycles. The van der Waals surface area contributed by atoms with Gasteiger partial charge in [0.25, 0.3) is 0 Å². The van der Waals surface area contributed by atoms with Crippen LogP contribution in [-0.4, -0.2) is 12.7 Å². The minimum Gasteiger partial charge on any atom is -0.450 e. The molecule has 0 radical (unpaired) electrons. The molecule has 116 valence electrons. The monoisotopic (exact) mass is 303 g/mol. The number of nitrogens with one attached hydrogen (secondary N) is 2. The lowest BCUT2D eigenvalue weighted by Gasteiger charge is -2.11. The number of anilines is 3. The molecule has 0 atom stereocenters. The number of carbonyl (C=O) groups excluding carboxylic acids is 1. The van der Waals surface area contributed by atoms with Gasteiger partial charge in [-0.3, -0.25) is 5.32 Å². The zero-order valence-electron chi connectivity index (χ0n) is 12.2. The molecule has 6 heteroatoms. The van der Waals surface area contributed by atoms with Crippen LogP contribution in [0.3, 0.4) is 0 Å². The lowest BCUT2D eigenvalue weighted by atomic mass is 10.1. The molecule has 0 aliphatic rings. The van der Waals surface area contributed by atoms with Gasteiger partial charge >= 0.3 is 6.09 Å². The van der Waals surface area contributed by atoms with Crippen molar-refractivity contribution in [3.63, 3.8) is 0 Å². The van der Waals surface area contributed by atoms with E-state index in [9.17, 15) is 9.18 Å². The van der Waals surface area contributed by atoms with Crippen LogP contribution in [0.5, 0.6) is 0 Å². The lowest BCUT2D eigenvalue weighted by molar-refractivity contribution is 0.168. The number of hydrogen-bond donors (Lipinski definition) is 3. The summed E-state index contributed by atoms with van der Waals surface area (Å²) in [5, 5.41) is 5.55. The van der Waals surface area contributed by atoms with Crippen molar-refractivity contribution < 1.29 is 13.9 Å². The summed E-state index contributed by atoms with van der Waals surface area (Å²) in [5.74, 6) is -0.309. The first-order chi connectivity index (χ1) is 10.6. The van der Waals surface area contributed by atoms with Crippen LogP contribution < -0.4 is 16.4 Å². The van der Waals surface area contributed by atoms with Crippen molar-refractivity contribution in [2.24, 2.45) is 0 Å². The Labute approximate surface area is 128 Å². The van der Waals surface area contributed by atoms with Gasteiger partial charge in [-0.05, 0) is 36.8 Å². The zero-order valence-corrected chi connectivity index (χ0v) is 12.2. The molecule has 2 aromatic carbocycles. The third-order valence-electron chi connectivity index (χ3n) is 2.98. The molecular weight excluding hydrogens is 285 g/mol. The Kier molecular flexibility index (Phi) is 5.19. The Morgan fingerprint density at radius 2 is 2.00 bits per heavy atom. The van der Waals surface area contributed by atoms with Gasteiger partial charge in [0.05, 0.1) is 23.7 Å². The number of amides is 1. The summed E-state index contributed by atoms with van der Waals surface area (Å²) < 4.78 is 18.3. The first-order valence-corrected chi connectivity index (χ1v) is 6.90. The van der Waals surface area contributed by atoms with E-state index in [4.69, 9.17) is 10.5 Å². The molecule has 2 aromatic rings. The predicted octanol–water partition coefficient (Wildman–Crippen LogP) is 3.59. The highest BCUT2D eigenvalue weighted by Gasteiger charge is 2.06. The van der Waals surface area contributed by atoms with Crippen LogP contribution >= 0.6 is 0 Å². The molecule has 4 N–H and O–H groups in total. The van der Waals surface area contributed by atoms with E-state index < -0.39 is 6.09 Å².